The van der Waals surface area contributed by atoms with Crippen LogP contribution in [0.1, 0.15) is 5.69 Å². The topological polar surface area (TPSA) is 28.7 Å². The molecule has 2 nitrogen and oxygen atoms in total. The zero-order valence-electron chi connectivity index (χ0n) is 9.07. The van der Waals surface area contributed by atoms with Gasteiger partial charge in [-0.1, -0.05) is 30.3 Å². The fourth-order valence-electron chi connectivity index (χ4n) is 2.15. The monoisotopic (exact) mass is 208 g/mol. The molecule has 0 bridgehead atoms. The maximum absolute atomic E-state index is 4.19. The third-order valence-electron chi connectivity index (χ3n) is 2.85. The normalized spacial score (nSPS) is 10.8. The maximum atomic E-state index is 4.19. The zero-order chi connectivity index (χ0) is 11.0. The fraction of sp³-hybridized carbons (Fsp3) is 0.0714. The minimum atomic E-state index is 1.14. The second-order valence-electron chi connectivity index (χ2n) is 3.91. The molecule has 3 rings (SSSR count). The largest absolute Gasteiger partial charge is 0.358 e. The van der Waals surface area contributed by atoms with E-state index in [9.17, 15) is 0 Å². The Bertz CT molecular complexity index is 624. The predicted octanol–water partition coefficient (Wildman–Crippen LogP) is 3.54. The molecule has 0 aliphatic carbocycles. The highest BCUT2D eigenvalue weighted by atomic mass is 14.7. The van der Waals surface area contributed by atoms with Crippen LogP contribution in [0.15, 0.2) is 48.8 Å². The predicted molar refractivity (Wildman–Crippen MR) is 66.3 cm³/mol. The summed E-state index contributed by atoms with van der Waals surface area (Å²) in [6.45, 7) is 2.10. The summed E-state index contributed by atoms with van der Waals surface area (Å²) < 4.78 is 0. The maximum Gasteiger partial charge on any atom is 0.0493 e. The summed E-state index contributed by atoms with van der Waals surface area (Å²) in [6, 6.07) is 12.4. The van der Waals surface area contributed by atoms with Crippen molar-refractivity contribution in [3.8, 4) is 11.1 Å². The highest BCUT2D eigenvalue weighted by Crippen LogP contribution is 2.30. The first-order valence-corrected chi connectivity index (χ1v) is 5.34. The summed E-state index contributed by atoms with van der Waals surface area (Å²) in [5, 5.41) is 1.19. The molecule has 0 amide bonds. The van der Waals surface area contributed by atoms with Crippen molar-refractivity contribution in [2.75, 3.05) is 0 Å². The van der Waals surface area contributed by atoms with E-state index in [1.807, 2.05) is 24.5 Å². The van der Waals surface area contributed by atoms with Gasteiger partial charge in [0.1, 0.15) is 0 Å². The van der Waals surface area contributed by atoms with E-state index in [1.165, 1.54) is 22.2 Å². The van der Waals surface area contributed by atoms with Gasteiger partial charge >= 0.3 is 0 Å². The lowest BCUT2D eigenvalue weighted by molar-refractivity contribution is 1.29. The van der Waals surface area contributed by atoms with Crippen LogP contribution in [0.3, 0.4) is 0 Å². The average Bonchev–Trinajstić information content (AvgIpc) is 2.66. The van der Waals surface area contributed by atoms with Gasteiger partial charge in [0.15, 0.2) is 0 Å². The van der Waals surface area contributed by atoms with Crippen molar-refractivity contribution in [3.05, 3.63) is 54.5 Å². The minimum Gasteiger partial charge on any atom is -0.358 e. The van der Waals surface area contributed by atoms with Crippen LogP contribution >= 0.6 is 0 Å². The number of rotatable bonds is 1. The lowest BCUT2D eigenvalue weighted by atomic mass is 10.0. The Kier molecular flexibility index (Phi) is 2.00. The number of pyridine rings is 1. The second kappa shape index (κ2) is 3.49. The Balaban J connectivity index is 2.35. The van der Waals surface area contributed by atoms with E-state index in [-0.39, 0.29) is 0 Å². The Morgan fingerprint density at radius 2 is 1.88 bits per heavy atom. The summed E-state index contributed by atoms with van der Waals surface area (Å²) >= 11 is 0. The van der Waals surface area contributed by atoms with Gasteiger partial charge in [0.25, 0.3) is 0 Å². The van der Waals surface area contributed by atoms with Crippen LogP contribution in [0, 0.1) is 6.92 Å². The summed E-state index contributed by atoms with van der Waals surface area (Å²) in [7, 11) is 0. The third kappa shape index (κ3) is 1.31. The van der Waals surface area contributed by atoms with E-state index in [1.54, 1.807) is 0 Å². The van der Waals surface area contributed by atoms with E-state index in [0.717, 1.165) is 5.52 Å². The Morgan fingerprint density at radius 3 is 2.69 bits per heavy atom. The van der Waals surface area contributed by atoms with Crippen LogP contribution in [0.2, 0.25) is 0 Å². The molecule has 3 aromatic rings. The molecular formula is C14H12N2. The van der Waals surface area contributed by atoms with Gasteiger partial charge in [-0.15, -0.1) is 0 Å². The molecule has 78 valence electrons. The molecule has 0 saturated heterocycles. The number of H-pyrrole nitrogens is 1. The van der Waals surface area contributed by atoms with Crippen molar-refractivity contribution in [3.63, 3.8) is 0 Å². The van der Waals surface area contributed by atoms with Gasteiger partial charge in [0.05, 0.1) is 0 Å². The highest BCUT2D eigenvalue weighted by Gasteiger charge is 2.09. The molecule has 0 fully saturated rings. The Hall–Kier alpha value is -2.09. The van der Waals surface area contributed by atoms with E-state index >= 15 is 0 Å². The van der Waals surface area contributed by atoms with Crippen LogP contribution in [0.25, 0.3) is 22.0 Å². The molecule has 2 heterocycles. The van der Waals surface area contributed by atoms with E-state index in [4.69, 9.17) is 0 Å². The third-order valence-corrected chi connectivity index (χ3v) is 2.85. The van der Waals surface area contributed by atoms with Crippen molar-refractivity contribution < 1.29 is 0 Å². The average molecular weight is 208 g/mol. The van der Waals surface area contributed by atoms with Crippen molar-refractivity contribution >= 4 is 10.9 Å². The molecule has 0 aliphatic rings. The van der Waals surface area contributed by atoms with E-state index in [2.05, 4.69) is 41.2 Å². The molecule has 16 heavy (non-hydrogen) atoms. The van der Waals surface area contributed by atoms with Crippen LogP contribution in [0.5, 0.6) is 0 Å². The number of nitrogens with zero attached hydrogens (tertiary/aromatic N) is 1. The van der Waals surface area contributed by atoms with E-state index < -0.39 is 0 Å². The van der Waals surface area contributed by atoms with Crippen LogP contribution in [-0.4, -0.2) is 9.97 Å². The van der Waals surface area contributed by atoms with Gasteiger partial charge in [-0.25, -0.2) is 0 Å². The molecule has 1 aromatic carbocycles. The van der Waals surface area contributed by atoms with E-state index in [0.29, 0.717) is 0 Å². The lowest BCUT2D eigenvalue weighted by Gasteiger charge is -2.00. The fourth-order valence-corrected chi connectivity index (χ4v) is 2.15. The lowest BCUT2D eigenvalue weighted by Crippen LogP contribution is -1.78. The molecular weight excluding hydrogens is 196 g/mol. The molecule has 0 aliphatic heterocycles. The van der Waals surface area contributed by atoms with Gasteiger partial charge in [-0.3, -0.25) is 4.98 Å². The number of benzene rings is 1. The summed E-state index contributed by atoms with van der Waals surface area (Å²) in [5.41, 5.74) is 4.82. The van der Waals surface area contributed by atoms with Gasteiger partial charge < -0.3 is 4.98 Å². The van der Waals surface area contributed by atoms with Crippen LogP contribution in [0.4, 0.5) is 0 Å². The molecule has 1 N–H and O–H groups in total. The Morgan fingerprint density at radius 1 is 1.06 bits per heavy atom. The van der Waals surface area contributed by atoms with Gasteiger partial charge in [-0.2, -0.15) is 0 Å². The minimum absolute atomic E-state index is 1.14. The van der Waals surface area contributed by atoms with Crippen molar-refractivity contribution in [2.45, 2.75) is 6.92 Å². The van der Waals surface area contributed by atoms with Gasteiger partial charge in [0.2, 0.25) is 0 Å². The highest BCUT2D eigenvalue weighted by molar-refractivity contribution is 5.96. The van der Waals surface area contributed by atoms with Crippen molar-refractivity contribution in [1.29, 1.82) is 0 Å². The van der Waals surface area contributed by atoms with Crippen molar-refractivity contribution in [2.24, 2.45) is 0 Å². The smallest absolute Gasteiger partial charge is 0.0493 e. The first-order chi connectivity index (χ1) is 7.86. The summed E-state index contributed by atoms with van der Waals surface area (Å²) in [6.07, 6.45) is 3.73. The summed E-state index contributed by atoms with van der Waals surface area (Å²) in [4.78, 5) is 7.58. The number of nitrogens with one attached hydrogen (secondary N) is 1. The molecule has 0 saturated carbocycles. The van der Waals surface area contributed by atoms with Crippen molar-refractivity contribution in [1.82, 2.24) is 9.97 Å². The van der Waals surface area contributed by atoms with Gasteiger partial charge in [0, 0.05) is 34.6 Å². The quantitative estimate of drug-likeness (QED) is 0.651. The number of aryl methyl sites for hydroxylation is 1. The molecule has 2 heteroatoms. The number of aromatic amines is 1. The molecule has 0 unspecified atom stereocenters. The first-order valence-electron chi connectivity index (χ1n) is 5.34. The number of hydrogen-bond donors (Lipinski definition) is 1. The summed E-state index contributed by atoms with van der Waals surface area (Å²) in [5.74, 6) is 0. The van der Waals surface area contributed by atoms with Crippen LogP contribution < -0.4 is 0 Å². The first kappa shape index (κ1) is 9.16. The second-order valence-corrected chi connectivity index (χ2v) is 3.91. The Labute approximate surface area is 94.0 Å². The molecule has 0 spiro atoms. The standard InChI is InChI=1S/C14H12N2/c1-10-14(11-5-3-2-4-6-11)12-9-15-8-7-13(12)16-10/h2-9,16H,1H3. The number of fused-ring (bicyclic) bond motifs is 1. The zero-order valence-corrected chi connectivity index (χ0v) is 9.07. The SMILES string of the molecule is Cc1[nH]c2ccncc2c1-c1ccccc1. The number of hydrogen-bond acceptors (Lipinski definition) is 1. The number of aromatic nitrogens is 2. The molecule has 2 aromatic heterocycles. The van der Waals surface area contributed by atoms with Gasteiger partial charge in [-0.05, 0) is 18.6 Å². The molecule has 0 atom stereocenters. The van der Waals surface area contributed by atoms with Crippen LogP contribution in [-0.2, 0) is 0 Å². The molecule has 0 radical (unpaired) electrons.